The molecule has 0 atom stereocenters. The summed E-state index contributed by atoms with van der Waals surface area (Å²) in [5, 5.41) is 0. The highest BCUT2D eigenvalue weighted by molar-refractivity contribution is 6.22. The van der Waals surface area contributed by atoms with E-state index in [4.69, 9.17) is 0 Å². The lowest BCUT2D eigenvalue weighted by Crippen LogP contribution is -2.40. The molecule has 1 fully saturated rings. The number of para-hydroxylation sites is 2. The van der Waals surface area contributed by atoms with Crippen LogP contribution in [0.15, 0.2) is 77.6 Å². The number of aromatic nitrogens is 2. The summed E-state index contributed by atoms with van der Waals surface area (Å²) in [6, 6.07) is 22.1. The average molecular weight is 495 g/mol. The third-order valence-electron chi connectivity index (χ3n) is 7.43. The minimum absolute atomic E-state index is 0.00472. The van der Waals surface area contributed by atoms with Gasteiger partial charge in [0.1, 0.15) is 0 Å². The maximum Gasteiger partial charge on any atom is 0.326 e. The van der Waals surface area contributed by atoms with Crippen molar-refractivity contribution in [1.82, 2.24) is 19.4 Å². The largest absolute Gasteiger partial charge is 0.338 e. The van der Waals surface area contributed by atoms with E-state index in [0.717, 1.165) is 16.6 Å². The van der Waals surface area contributed by atoms with Crippen LogP contribution in [0.1, 0.15) is 55.5 Å². The number of imidazole rings is 1. The van der Waals surface area contributed by atoms with Gasteiger partial charge in [-0.2, -0.15) is 0 Å². The first kappa shape index (κ1) is 23.0. The topological polar surface area (TPSA) is 95.5 Å². The molecule has 186 valence electrons. The molecule has 4 aromatic rings. The first-order chi connectivity index (χ1) is 18.0. The average Bonchev–Trinajstić information content (AvgIpc) is 3.39. The van der Waals surface area contributed by atoms with Gasteiger partial charge in [0.15, 0.2) is 0 Å². The van der Waals surface area contributed by atoms with Crippen molar-refractivity contribution < 1.29 is 14.4 Å². The van der Waals surface area contributed by atoms with Gasteiger partial charge in [0.25, 0.3) is 17.7 Å². The lowest BCUT2D eigenvalue weighted by atomic mass is 10.0. The summed E-state index contributed by atoms with van der Waals surface area (Å²) in [4.78, 5) is 57.7. The number of imide groups is 1. The van der Waals surface area contributed by atoms with Crippen molar-refractivity contribution in [3.05, 3.63) is 106 Å². The molecule has 1 saturated heterocycles. The molecule has 6 rings (SSSR count). The Bertz CT molecular complexity index is 1580. The van der Waals surface area contributed by atoms with E-state index < -0.39 is 0 Å². The van der Waals surface area contributed by atoms with Crippen molar-refractivity contribution in [2.75, 3.05) is 19.6 Å². The Labute approximate surface area is 213 Å². The van der Waals surface area contributed by atoms with Gasteiger partial charge in [-0.05, 0) is 55.2 Å². The number of nitrogens with one attached hydrogen (secondary N) is 1. The molecule has 0 aliphatic carbocycles. The number of nitrogens with zero attached hydrogens (tertiary/aromatic N) is 3. The van der Waals surface area contributed by atoms with Gasteiger partial charge in [0.05, 0.1) is 22.2 Å². The number of hydrogen-bond acceptors (Lipinski definition) is 4. The summed E-state index contributed by atoms with van der Waals surface area (Å²) in [6.45, 7) is 1.30. The van der Waals surface area contributed by atoms with Gasteiger partial charge in [0.2, 0.25) is 0 Å². The lowest BCUT2D eigenvalue weighted by Gasteiger charge is -2.32. The van der Waals surface area contributed by atoms with Crippen molar-refractivity contribution >= 4 is 28.8 Å². The van der Waals surface area contributed by atoms with Crippen LogP contribution in [0.3, 0.4) is 0 Å². The molecule has 0 saturated carbocycles. The minimum atomic E-state index is -0.358. The molecule has 0 unspecified atom stereocenters. The van der Waals surface area contributed by atoms with Gasteiger partial charge in [-0.25, -0.2) is 4.79 Å². The van der Waals surface area contributed by atoms with E-state index in [1.165, 1.54) is 4.90 Å². The molecule has 8 heteroatoms. The lowest BCUT2D eigenvalue weighted by molar-refractivity contribution is 0.0654. The summed E-state index contributed by atoms with van der Waals surface area (Å²) in [5.74, 6) is -0.849. The molecular weight excluding hydrogens is 468 g/mol. The van der Waals surface area contributed by atoms with E-state index in [-0.39, 0.29) is 35.0 Å². The quantitative estimate of drug-likeness (QED) is 0.429. The van der Waals surface area contributed by atoms with Crippen LogP contribution in [-0.2, 0) is 6.42 Å². The van der Waals surface area contributed by atoms with Gasteiger partial charge in [-0.15, -0.1) is 0 Å². The van der Waals surface area contributed by atoms with Crippen molar-refractivity contribution in [2.24, 2.45) is 0 Å². The summed E-state index contributed by atoms with van der Waals surface area (Å²) >= 11 is 0. The minimum Gasteiger partial charge on any atom is -0.338 e. The fraction of sp³-hybridized carbons (Fsp3) is 0.241. The van der Waals surface area contributed by atoms with Crippen molar-refractivity contribution in [3.63, 3.8) is 0 Å². The van der Waals surface area contributed by atoms with E-state index in [0.29, 0.717) is 50.0 Å². The Balaban J connectivity index is 1.14. The van der Waals surface area contributed by atoms with Crippen molar-refractivity contribution in [3.8, 4) is 0 Å². The van der Waals surface area contributed by atoms with Crippen LogP contribution in [0.25, 0.3) is 11.0 Å². The molecule has 0 spiro atoms. The standard InChI is InChI=1S/C29H26N4O4/c34-26(31-15-13-21(14-16-31)33-25-9-5-4-8-24(25)30-29(33)37)20-10-11-22-23(18-20)28(36)32(27(22)35)17-12-19-6-2-1-3-7-19/h1-11,18,21H,12-17H2,(H,30,37). The number of rotatable bonds is 5. The Morgan fingerprint density at radius 2 is 1.54 bits per heavy atom. The highest BCUT2D eigenvalue weighted by Crippen LogP contribution is 2.28. The van der Waals surface area contributed by atoms with Crippen LogP contribution < -0.4 is 5.69 Å². The van der Waals surface area contributed by atoms with E-state index in [1.54, 1.807) is 27.7 Å². The fourth-order valence-electron chi connectivity index (χ4n) is 5.46. The number of fused-ring (bicyclic) bond motifs is 2. The number of carbonyl (C=O) groups excluding carboxylic acids is 3. The normalized spacial score (nSPS) is 16.0. The maximum atomic E-state index is 13.3. The van der Waals surface area contributed by atoms with Crippen LogP contribution in [0.2, 0.25) is 0 Å². The number of hydrogen-bond donors (Lipinski definition) is 1. The number of piperidine rings is 1. The first-order valence-corrected chi connectivity index (χ1v) is 12.5. The zero-order valence-electron chi connectivity index (χ0n) is 20.2. The monoisotopic (exact) mass is 494 g/mol. The molecule has 1 N–H and O–H groups in total. The number of likely N-dealkylation sites (tertiary alicyclic amines) is 1. The molecule has 3 aromatic carbocycles. The predicted octanol–water partition coefficient (Wildman–Crippen LogP) is 3.65. The van der Waals surface area contributed by atoms with Crippen molar-refractivity contribution in [2.45, 2.75) is 25.3 Å². The fourth-order valence-corrected chi connectivity index (χ4v) is 5.46. The van der Waals surface area contributed by atoms with Crippen LogP contribution in [0.4, 0.5) is 0 Å². The smallest absolute Gasteiger partial charge is 0.326 e. The van der Waals surface area contributed by atoms with Crippen LogP contribution in [0, 0.1) is 0 Å². The molecule has 2 aliphatic heterocycles. The maximum absolute atomic E-state index is 13.3. The molecule has 2 aliphatic rings. The van der Waals surface area contributed by atoms with Crippen LogP contribution in [-0.4, -0.2) is 56.7 Å². The van der Waals surface area contributed by atoms with E-state index in [9.17, 15) is 19.2 Å². The highest BCUT2D eigenvalue weighted by Gasteiger charge is 2.36. The molecular formula is C29H26N4O4. The van der Waals surface area contributed by atoms with Crippen LogP contribution >= 0.6 is 0 Å². The third-order valence-corrected chi connectivity index (χ3v) is 7.43. The zero-order chi connectivity index (χ0) is 25.5. The van der Waals surface area contributed by atoms with E-state index >= 15 is 0 Å². The number of carbonyl (C=O) groups is 3. The van der Waals surface area contributed by atoms with E-state index in [2.05, 4.69) is 4.98 Å². The molecule has 3 amide bonds. The zero-order valence-corrected chi connectivity index (χ0v) is 20.2. The molecule has 0 bridgehead atoms. The Kier molecular flexibility index (Phi) is 5.71. The molecule has 1 aromatic heterocycles. The molecule has 0 radical (unpaired) electrons. The Morgan fingerprint density at radius 1 is 0.838 bits per heavy atom. The van der Waals surface area contributed by atoms with Crippen molar-refractivity contribution in [1.29, 1.82) is 0 Å². The SMILES string of the molecule is O=C(c1ccc2c(c1)C(=O)N(CCc1ccccc1)C2=O)N1CCC(n2c(=O)[nH]c3ccccc32)CC1. The second-order valence-corrected chi connectivity index (χ2v) is 9.60. The highest BCUT2D eigenvalue weighted by atomic mass is 16.2. The molecule has 3 heterocycles. The van der Waals surface area contributed by atoms with Gasteiger partial charge < -0.3 is 9.88 Å². The number of benzene rings is 3. The Hall–Kier alpha value is -4.46. The molecule has 37 heavy (non-hydrogen) atoms. The first-order valence-electron chi connectivity index (χ1n) is 12.5. The van der Waals surface area contributed by atoms with Gasteiger partial charge in [0, 0.05) is 31.2 Å². The van der Waals surface area contributed by atoms with Gasteiger partial charge >= 0.3 is 5.69 Å². The van der Waals surface area contributed by atoms with Gasteiger partial charge in [-0.3, -0.25) is 23.9 Å². The third kappa shape index (κ3) is 4.04. The summed E-state index contributed by atoms with van der Waals surface area (Å²) in [5.41, 5.74) is 3.61. The van der Waals surface area contributed by atoms with Crippen LogP contribution in [0.5, 0.6) is 0 Å². The number of amides is 3. The van der Waals surface area contributed by atoms with Gasteiger partial charge in [-0.1, -0.05) is 42.5 Å². The number of aromatic amines is 1. The summed E-state index contributed by atoms with van der Waals surface area (Å²) in [7, 11) is 0. The molecule has 8 nitrogen and oxygen atoms in total. The summed E-state index contributed by atoms with van der Waals surface area (Å²) < 4.78 is 1.79. The summed E-state index contributed by atoms with van der Waals surface area (Å²) in [6.07, 6.45) is 1.89. The Morgan fingerprint density at radius 3 is 2.32 bits per heavy atom. The van der Waals surface area contributed by atoms with E-state index in [1.807, 2.05) is 54.6 Å². The number of H-pyrrole nitrogens is 1. The second kappa shape index (κ2) is 9.20. The predicted molar refractivity (Wildman–Crippen MR) is 139 cm³/mol. The second-order valence-electron chi connectivity index (χ2n) is 9.60.